The molecular weight excluding hydrogens is 454 g/mol. The summed E-state index contributed by atoms with van der Waals surface area (Å²) in [7, 11) is 0. The summed E-state index contributed by atoms with van der Waals surface area (Å²) < 4.78 is 2.29. The van der Waals surface area contributed by atoms with Gasteiger partial charge in [0.2, 0.25) is 0 Å². The Morgan fingerprint density at radius 1 is 0.703 bits per heavy atom. The SMILES string of the molecule is CC(C)Cc1ccc(C(C)C(=O)O)cc1.CCCCCCCCCCCCCCCC[n+]1ccccc1. The van der Waals surface area contributed by atoms with Crippen molar-refractivity contribution in [3.8, 4) is 0 Å². The molecule has 1 atom stereocenters. The zero-order valence-electron chi connectivity index (χ0n) is 24.5. The number of unbranched alkanes of at least 4 members (excludes halogenated alkanes) is 13. The number of aryl methyl sites for hydroxylation is 1. The van der Waals surface area contributed by atoms with Gasteiger partial charge in [-0.05, 0) is 36.8 Å². The van der Waals surface area contributed by atoms with Gasteiger partial charge in [-0.3, -0.25) is 4.79 Å². The average Bonchev–Trinajstić information content (AvgIpc) is 2.89. The molecule has 208 valence electrons. The minimum atomic E-state index is -0.772. The fourth-order valence-corrected chi connectivity index (χ4v) is 4.63. The van der Waals surface area contributed by atoms with Crippen molar-refractivity contribution < 1.29 is 14.5 Å². The normalized spacial score (nSPS) is 11.7. The van der Waals surface area contributed by atoms with E-state index in [-0.39, 0.29) is 0 Å². The highest BCUT2D eigenvalue weighted by molar-refractivity contribution is 5.75. The van der Waals surface area contributed by atoms with Gasteiger partial charge in [-0.15, -0.1) is 0 Å². The summed E-state index contributed by atoms with van der Waals surface area (Å²) >= 11 is 0. The standard InChI is InChI=1S/C21H38N.C13H18O2/c1-2-3-4-5-6-7-8-9-10-11-12-13-14-16-19-22-20-17-15-18-21-22;1-9(2)8-11-4-6-12(7-5-11)10(3)13(14)15/h15,17-18,20-21H,2-14,16,19H2,1H3;4-7,9-10H,8H2,1-3H3,(H,14,15)/q+1;. The van der Waals surface area contributed by atoms with Gasteiger partial charge in [-0.25, -0.2) is 4.57 Å². The predicted molar refractivity (Wildman–Crippen MR) is 158 cm³/mol. The van der Waals surface area contributed by atoms with E-state index in [1.165, 1.54) is 102 Å². The summed E-state index contributed by atoms with van der Waals surface area (Å²) in [5.41, 5.74) is 2.14. The van der Waals surface area contributed by atoms with E-state index in [0.717, 1.165) is 12.0 Å². The van der Waals surface area contributed by atoms with E-state index in [4.69, 9.17) is 5.11 Å². The van der Waals surface area contributed by atoms with Crippen LogP contribution in [-0.4, -0.2) is 11.1 Å². The molecule has 1 heterocycles. The Hall–Kier alpha value is -2.16. The van der Waals surface area contributed by atoms with Crippen LogP contribution in [0.2, 0.25) is 0 Å². The van der Waals surface area contributed by atoms with E-state index < -0.39 is 11.9 Å². The molecule has 1 aromatic carbocycles. The fourth-order valence-electron chi connectivity index (χ4n) is 4.63. The topological polar surface area (TPSA) is 41.2 Å². The smallest absolute Gasteiger partial charge is 0.310 e. The number of benzene rings is 1. The summed E-state index contributed by atoms with van der Waals surface area (Å²) in [6.07, 6.45) is 25.5. The van der Waals surface area contributed by atoms with Crippen LogP contribution in [0.25, 0.3) is 0 Å². The molecule has 2 aromatic rings. The zero-order valence-corrected chi connectivity index (χ0v) is 24.5. The number of carboxylic acid groups (broad SMARTS) is 1. The Bertz CT molecular complexity index is 785. The highest BCUT2D eigenvalue weighted by Crippen LogP contribution is 2.17. The molecule has 0 aliphatic rings. The first-order chi connectivity index (χ1) is 17.9. The van der Waals surface area contributed by atoms with Crippen molar-refractivity contribution in [1.29, 1.82) is 0 Å². The van der Waals surface area contributed by atoms with Crippen LogP contribution >= 0.6 is 0 Å². The van der Waals surface area contributed by atoms with Crippen molar-refractivity contribution in [3.05, 3.63) is 66.0 Å². The van der Waals surface area contributed by atoms with E-state index in [1.54, 1.807) is 6.92 Å². The maximum Gasteiger partial charge on any atom is 0.310 e. The minimum Gasteiger partial charge on any atom is -0.481 e. The molecule has 0 saturated heterocycles. The van der Waals surface area contributed by atoms with E-state index in [0.29, 0.717) is 5.92 Å². The van der Waals surface area contributed by atoms with Crippen LogP contribution in [0.1, 0.15) is 135 Å². The van der Waals surface area contributed by atoms with E-state index in [2.05, 4.69) is 55.9 Å². The van der Waals surface area contributed by atoms with Crippen LogP contribution in [0, 0.1) is 5.92 Å². The maximum absolute atomic E-state index is 10.8. The van der Waals surface area contributed by atoms with Crippen LogP contribution in [0.4, 0.5) is 0 Å². The van der Waals surface area contributed by atoms with Gasteiger partial charge in [0.25, 0.3) is 0 Å². The van der Waals surface area contributed by atoms with Crippen molar-refractivity contribution in [2.24, 2.45) is 5.92 Å². The van der Waals surface area contributed by atoms with Crippen LogP contribution in [0.15, 0.2) is 54.9 Å². The van der Waals surface area contributed by atoms with Gasteiger partial charge in [0.1, 0.15) is 6.54 Å². The Morgan fingerprint density at radius 2 is 1.16 bits per heavy atom. The van der Waals surface area contributed by atoms with Gasteiger partial charge < -0.3 is 5.11 Å². The largest absolute Gasteiger partial charge is 0.481 e. The maximum atomic E-state index is 10.8. The number of pyridine rings is 1. The Morgan fingerprint density at radius 3 is 1.59 bits per heavy atom. The molecule has 0 amide bonds. The molecule has 0 bridgehead atoms. The monoisotopic (exact) mass is 510 g/mol. The fraction of sp³-hybridized carbons (Fsp3) is 0.647. The molecule has 3 nitrogen and oxygen atoms in total. The van der Waals surface area contributed by atoms with Gasteiger partial charge in [0.15, 0.2) is 12.4 Å². The molecule has 1 unspecified atom stereocenters. The van der Waals surface area contributed by atoms with Gasteiger partial charge in [0, 0.05) is 18.6 Å². The van der Waals surface area contributed by atoms with Crippen LogP contribution in [-0.2, 0) is 17.8 Å². The molecule has 37 heavy (non-hydrogen) atoms. The van der Waals surface area contributed by atoms with Gasteiger partial charge >= 0.3 is 5.97 Å². The summed E-state index contributed by atoms with van der Waals surface area (Å²) in [6.45, 7) is 9.53. The van der Waals surface area contributed by atoms with Crippen molar-refractivity contribution in [2.45, 2.75) is 136 Å². The molecular formula is C34H56NO2+. The van der Waals surface area contributed by atoms with Crippen molar-refractivity contribution in [3.63, 3.8) is 0 Å². The van der Waals surface area contributed by atoms with Crippen LogP contribution in [0.3, 0.4) is 0 Å². The zero-order chi connectivity index (χ0) is 27.1. The number of carbonyl (C=O) groups is 1. The molecule has 0 aliphatic heterocycles. The third kappa shape index (κ3) is 17.8. The molecule has 3 heteroatoms. The lowest BCUT2D eigenvalue weighted by Crippen LogP contribution is -2.32. The number of aromatic nitrogens is 1. The third-order valence-corrected chi connectivity index (χ3v) is 7.04. The molecule has 0 saturated carbocycles. The Kier molecular flexibility index (Phi) is 19.4. The average molecular weight is 511 g/mol. The molecule has 0 radical (unpaired) electrons. The summed E-state index contributed by atoms with van der Waals surface area (Å²) in [5.74, 6) is -0.558. The number of carboxylic acids is 1. The second-order valence-electron chi connectivity index (χ2n) is 11.1. The number of hydrogen-bond donors (Lipinski definition) is 1. The van der Waals surface area contributed by atoms with Crippen LogP contribution < -0.4 is 4.57 Å². The third-order valence-electron chi connectivity index (χ3n) is 7.04. The number of hydrogen-bond acceptors (Lipinski definition) is 1. The second-order valence-corrected chi connectivity index (χ2v) is 11.1. The molecule has 0 spiro atoms. The molecule has 0 fully saturated rings. The van der Waals surface area contributed by atoms with E-state index >= 15 is 0 Å². The molecule has 0 aliphatic carbocycles. The first-order valence-corrected chi connectivity index (χ1v) is 15.2. The lowest BCUT2D eigenvalue weighted by atomic mass is 9.97. The summed E-state index contributed by atoms with van der Waals surface area (Å²) in [4.78, 5) is 10.8. The summed E-state index contributed by atoms with van der Waals surface area (Å²) in [6, 6.07) is 14.2. The number of aliphatic carboxylic acids is 1. The Labute approximate surface area is 228 Å². The minimum absolute atomic E-state index is 0.418. The van der Waals surface area contributed by atoms with Crippen LogP contribution in [0.5, 0.6) is 0 Å². The first-order valence-electron chi connectivity index (χ1n) is 15.2. The lowest BCUT2D eigenvalue weighted by molar-refractivity contribution is -0.697. The summed E-state index contributed by atoms with van der Waals surface area (Å²) in [5, 5.41) is 8.85. The van der Waals surface area contributed by atoms with Gasteiger partial charge in [-0.1, -0.05) is 128 Å². The van der Waals surface area contributed by atoms with Crippen molar-refractivity contribution >= 4 is 5.97 Å². The highest BCUT2D eigenvalue weighted by Gasteiger charge is 2.12. The van der Waals surface area contributed by atoms with E-state index in [9.17, 15) is 4.79 Å². The second kappa shape index (κ2) is 21.9. The van der Waals surface area contributed by atoms with Gasteiger partial charge in [-0.2, -0.15) is 0 Å². The van der Waals surface area contributed by atoms with Gasteiger partial charge in [0.05, 0.1) is 5.92 Å². The number of nitrogens with zero attached hydrogens (tertiary/aromatic N) is 1. The van der Waals surface area contributed by atoms with Crippen molar-refractivity contribution in [1.82, 2.24) is 0 Å². The lowest BCUT2D eigenvalue weighted by Gasteiger charge is -2.09. The molecule has 2 rings (SSSR count). The van der Waals surface area contributed by atoms with E-state index in [1.807, 2.05) is 24.3 Å². The molecule has 1 aromatic heterocycles. The highest BCUT2D eigenvalue weighted by atomic mass is 16.4. The predicted octanol–water partition coefficient (Wildman–Crippen LogP) is 9.53. The molecule has 1 N–H and O–H groups in total. The number of rotatable bonds is 19. The quantitative estimate of drug-likeness (QED) is 0.151. The first kappa shape index (κ1) is 32.9. The van der Waals surface area contributed by atoms with Crippen molar-refractivity contribution in [2.75, 3.05) is 0 Å². The Balaban J connectivity index is 0.000000397.